The van der Waals surface area contributed by atoms with Crippen molar-refractivity contribution in [3.63, 3.8) is 0 Å². The monoisotopic (exact) mass is 329 g/mol. The highest BCUT2D eigenvalue weighted by Gasteiger charge is 2.21. The lowest BCUT2D eigenvalue weighted by Gasteiger charge is -2.18. The van der Waals surface area contributed by atoms with Crippen LogP contribution in [0.3, 0.4) is 0 Å². The van der Waals surface area contributed by atoms with Crippen LogP contribution < -0.4 is 20.5 Å². The summed E-state index contributed by atoms with van der Waals surface area (Å²) in [6.07, 6.45) is 0. The maximum absolute atomic E-state index is 11.7. The Hall–Kier alpha value is -3.22. The molecule has 0 amide bonds. The second-order valence-corrected chi connectivity index (χ2v) is 5.06. The minimum Gasteiger partial charge on any atom is -0.497 e. The number of rotatable bonds is 7. The molecular formula is C17H19N3O4. The van der Waals surface area contributed by atoms with Crippen LogP contribution in [0.5, 0.6) is 11.5 Å². The zero-order valence-corrected chi connectivity index (χ0v) is 13.4. The number of carboxylic acid groups (broad SMARTS) is 1. The third kappa shape index (κ3) is 3.95. The van der Waals surface area contributed by atoms with E-state index in [4.69, 9.17) is 20.6 Å². The molecule has 1 unspecified atom stereocenters. The highest BCUT2D eigenvalue weighted by atomic mass is 16.5. The summed E-state index contributed by atoms with van der Waals surface area (Å²) in [6, 6.07) is 10.6. The lowest BCUT2D eigenvalue weighted by atomic mass is 10.0. The molecule has 2 aromatic carbocycles. The highest BCUT2D eigenvalue weighted by Crippen LogP contribution is 2.29. The first-order valence-electron chi connectivity index (χ1n) is 7.11. The third-order valence-corrected chi connectivity index (χ3v) is 3.44. The van der Waals surface area contributed by atoms with E-state index < -0.39 is 12.0 Å². The maximum Gasteiger partial charge on any atom is 0.330 e. The van der Waals surface area contributed by atoms with E-state index in [0.717, 1.165) is 0 Å². The Morgan fingerprint density at radius 3 is 2.29 bits per heavy atom. The number of anilines is 1. The highest BCUT2D eigenvalue weighted by molar-refractivity contribution is 5.96. The van der Waals surface area contributed by atoms with Crippen LogP contribution in [0.1, 0.15) is 17.2 Å². The van der Waals surface area contributed by atoms with Crippen LogP contribution in [0, 0.1) is 5.41 Å². The maximum atomic E-state index is 11.7. The van der Waals surface area contributed by atoms with Gasteiger partial charge in [0.25, 0.3) is 0 Å². The number of amidine groups is 1. The topological polar surface area (TPSA) is 118 Å². The predicted molar refractivity (Wildman–Crippen MR) is 91.0 cm³/mol. The van der Waals surface area contributed by atoms with Crippen LogP contribution in [0.25, 0.3) is 0 Å². The van der Waals surface area contributed by atoms with Gasteiger partial charge >= 0.3 is 5.97 Å². The van der Waals surface area contributed by atoms with Gasteiger partial charge in [-0.3, -0.25) is 5.41 Å². The van der Waals surface area contributed by atoms with Gasteiger partial charge < -0.3 is 25.6 Å². The molecule has 0 radical (unpaired) electrons. The summed E-state index contributed by atoms with van der Waals surface area (Å²) in [7, 11) is 3.00. The van der Waals surface area contributed by atoms with Crippen molar-refractivity contribution >= 4 is 17.5 Å². The molecule has 2 aromatic rings. The molecule has 7 heteroatoms. The van der Waals surface area contributed by atoms with E-state index in [0.29, 0.717) is 28.3 Å². The molecule has 0 aromatic heterocycles. The number of aliphatic carboxylic acids is 1. The predicted octanol–water partition coefficient (Wildman–Crippen LogP) is 2.23. The molecule has 0 heterocycles. The normalized spacial score (nSPS) is 11.4. The molecule has 1 atom stereocenters. The molecular weight excluding hydrogens is 310 g/mol. The van der Waals surface area contributed by atoms with Gasteiger partial charge in [0.05, 0.1) is 14.2 Å². The number of methoxy groups -OCH3 is 2. The largest absolute Gasteiger partial charge is 0.497 e. The molecule has 0 spiro atoms. The standard InChI is InChI=1S/C17H19N3O4/c1-23-13-7-11(8-14(9-13)24-2)15(17(21)22)20-12-5-3-4-10(6-12)16(18)19/h3-9,15,20H,1-2H3,(H3,18,19)(H,21,22). The molecule has 7 nitrogen and oxygen atoms in total. The summed E-state index contributed by atoms with van der Waals surface area (Å²) in [5.41, 5.74) is 6.99. The SMILES string of the molecule is COc1cc(OC)cc(C(Nc2cccc(C(=N)N)c2)C(=O)O)c1. The van der Waals surface area contributed by atoms with Gasteiger partial charge in [0.15, 0.2) is 6.04 Å². The first-order chi connectivity index (χ1) is 11.4. The first-order valence-corrected chi connectivity index (χ1v) is 7.11. The van der Waals surface area contributed by atoms with Gasteiger partial charge in [-0.2, -0.15) is 0 Å². The van der Waals surface area contributed by atoms with E-state index in [1.165, 1.54) is 14.2 Å². The van der Waals surface area contributed by atoms with Gasteiger partial charge in [-0.05, 0) is 29.8 Å². The fraction of sp³-hybridized carbons (Fsp3) is 0.176. The van der Waals surface area contributed by atoms with Crippen molar-refractivity contribution in [3.8, 4) is 11.5 Å². The lowest BCUT2D eigenvalue weighted by molar-refractivity contribution is -0.138. The van der Waals surface area contributed by atoms with Crippen LogP contribution in [-0.2, 0) is 4.79 Å². The Labute approximate surface area is 139 Å². The van der Waals surface area contributed by atoms with Crippen molar-refractivity contribution in [1.29, 1.82) is 5.41 Å². The Kier molecular flexibility index (Phi) is 5.26. The zero-order valence-electron chi connectivity index (χ0n) is 13.4. The van der Waals surface area contributed by atoms with Crippen LogP contribution in [0.2, 0.25) is 0 Å². The third-order valence-electron chi connectivity index (χ3n) is 3.44. The molecule has 5 N–H and O–H groups in total. The molecule has 0 aliphatic heterocycles. The van der Waals surface area contributed by atoms with E-state index in [2.05, 4.69) is 5.32 Å². The quantitative estimate of drug-likeness (QED) is 0.457. The Morgan fingerprint density at radius 1 is 1.17 bits per heavy atom. The number of nitrogen functional groups attached to an aromatic ring is 1. The van der Waals surface area contributed by atoms with Crippen LogP contribution in [0.15, 0.2) is 42.5 Å². The van der Waals surface area contributed by atoms with Crippen LogP contribution >= 0.6 is 0 Å². The molecule has 0 fully saturated rings. The Morgan fingerprint density at radius 2 is 1.79 bits per heavy atom. The number of benzene rings is 2. The second-order valence-electron chi connectivity index (χ2n) is 5.06. The van der Waals surface area contributed by atoms with Crippen molar-refractivity contribution in [3.05, 3.63) is 53.6 Å². The van der Waals surface area contributed by atoms with Crippen molar-refractivity contribution in [2.24, 2.45) is 5.73 Å². The lowest BCUT2D eigenvalue weighted by Crippen LogP contribution is -2.21. The van der Waals surface area contributed by atoms with Crippen molar-refractivity contribution in [1.82, 2.24) is 0 Å². The average molecular weight is 329 g/mol. The van der Waals surface area contributed by atoms with Crippen LogP contribution in [0.4, 0.5) is 5.69 Å². The number of hydrogen-bond acceptors (Lipinski definition) is 5. The van der Waals surface area contributed by atoms with Gasteiger partial charge in [-0.1, -0.05) is 12.1 Å². The van der Waals surface area contributed by atoms with Crippen molar-refractivity contribution in [2.45, 2.75) is 6.04 Å². The minimum atomic E-state index is -1.06. The van der Waals surface area contributed by atoms with Crippen molar-refractivity contribution < 1.29 is 19.4 Å². The summed E-state index contributed by atoms with van der Waals surface area (Å²) in [5, 5.41) is 20.0. The van der Waals surface area contributed by atoms with E-state index in [1.54, 1.807) is 42.5 Å². The second kappa shape index (κ2) is 7.36. The Balaban J connectivity index is 2.38. The fourth-order valence-electron chi connectivity index (χ4n) is 2.23. The van der Waals surface area contributed by atoms with Crippen molar-refractivity contribution in [2.75, 3.05) is 19.5 Å². The molecule has 2 rings (SSSR count). The van der Waals surface area contributed by atoms with E-state index in [-0.39, 0.29) is 5.84 Å². The number of hydrogen-bond donors (Lipinski definition) is 4. The van der Waals surface area contributed by atoms with Gasteiger partial charge in [-0.15, -0.1) is 0 Å². The zero-order chi connectivity index (χ0) is 17.7. The summed E-state index contributed by atoms with van der Waals surface area (Å²) < 4.78 is 10.4. The van der Waals surface area contributed by atoms with Gasteiger partial charge in [0.2, 0.25) is 0 Å². The van der Waals surface area contributed by atoms with Gasteiger partial charge in [0, 0.05) is 17.3 Å². The summed E-state index contributed by atoms with van der Waals surface area (Å²) in [4.78, 5) is 11.7. The van der Waals surface area contributed by atoms with E-state index in [1.807, 2.05) is 0 Å². The fourth-order valence-corrected chi connectivity index (χ4v) is 2.23. The number of nitrogens with one attached hydrogen (secondary N) is 2. The minimum absolute atomic E-state index is 0.0893. The average Bonchev–Trinajstić information content (AvgIpc) is 2.59. The molecule has 0 aliphatic rings. The molecule has 24 heavy (non-hydrogen) atoms. The number of carbonyl (C=O) groups is 1. The van der Waals surface area contributed by atoms with E-state index >= 15 is 0 Å². The molecule has 0 bridgehead atoms. The smallest absolute Gasteiger partial charge is 0.330 e. The summed E-state index contributed by atoms with van der Waals surface area (Å²) in [5.74, 6) is -0.156. The first kappa shape index (κ1) is 17.1. The Bertz CT molecular complexity index is 739. The molecule has 0 saturated carbocycles. The van der Waals surface area contributed by atoms with Crippen LogP contribution in [-0.4, -0.2) is 31.1 Å². The summed E-state index contributed by atoms with van der Waals surface area (Å²) in [6.45, 7) is 0. The molecule has 0 aliphatic carbocycles. The van der Waals surface area contributed by atoms with Gasteiger partial charge in [-0.25, -0.2) is 4.79 Å². The summed E-state index contributed by atoms with van der Waals surface area (Å²) >= 11 is 0. The van der Waals surface area contributed by atoms with Gasteiger partial charge in [0.1, 0.15) is 17.3 Å². The number of nitrogens with two attached hydrogens (primary N) is 1. The number of ether oxygens (including phenoxy) is 2. The number of carboxylic acids is 1. The molecule has 0 saturated heterocycles. The molecule has 126 valence electrons. The van der Waals surface area contributed by atoms with E-state index in [9.17, 15) is 9.90 Å².